The molecule has 0 bridgehead atoms. The highest BCUT2D eigenvalue weighted by atomic mass is 16.3. The molecule has 0 unspecified atom stereocenters. The molecular formula is C26H30O5. The van der Waals surface area contributed by atoms with Gasteiger partial charge < -0.3 is 13.9 Å². The highest BCUT2D eigenvalue weighted by Gasteiger charge is 2.29. The van der Waals surface area contributed by atoms with Gasteiger partial charge in [0, 0.05) is 25.7 Å². The summed E-state index contributed by atoms with van der Waals surface area (Å²) >= 11 is 0. The van der Waals surface area contributed by atoms with Crippen LogP contribution in [0.1, 0.15) is 68.0 Å². The predicted octanol–water partition coefficient (Wildman–Crippen LogP) is 5.76. The Kier molecular flexibility index (Phi) is 7.64. The number of carbonyl (C=O) groups is 2. The van der Waals surface area contributed by atoms with E-state index in [4.69, 9.17) is 8.83 Å². The average Bonchev–Trinajstić information content (AvgIpc) is 3.37. The average molecular weight is 423 g/mol. The molecule has 0 aromatic carbocycles. The van der Waals surface area contributed by atoms with E-state index in [1.807, 2.05) is 56.3 Å². The molecule has 31 heavy (non-hydrogen) atoms. The van der Waals surface area contributed by atoms with Crippen molar-refractivity contribution in [2.24, 2.45) is 0 Å². The van der Waals surface area contributed by atoms with Crippen molar-refractivity contribution >= 4 is 23.7 Å². The van der Waals surface area contributed by atoms with Gasteiger partial charge in [-0.1, -0.05) is 17.7 Å². The van der Waals surface area contributed by atoms with Crippen LogP contribution < -0.4 is 0 Å². The summed E-state index contributed by atoms with van der Waals surface area (Å²) in [5.74, 6) is 3.95. The SMILES string of the molecule is Cc1ccc(/C=C/C2(O)CCC(=O)CC2)o1.Cc1ccc(/C=C/C2=CCC(=O)CC2)o1. The molecule has 0 spiro atoms. The molecule has 0 aliphatic heterocycles. The molecule has 1 N–H and O–H groups in total. The minimum absolute atomic E-state index is 0.243. The number of allylic oxidation sites excluding steroid dienone is 3. The van der Waals surface area contributed by atoms with E-state index in [0.717, 1.165) is 29.5 Å². The second-order valence-corrected chi connectivity index (χ2v) is 8.23. The first-order valence-corrected chi connectivity index (χ1v) is 10.8. The van der Waals surface area contributed by atoms with Crippen molar-refractivity contribution in [3.8, 4) is 0 Å². The third-order valence-electron chi connectivity index (χ3n) is 5.50. The monoisotopic (exact) mass is 422 g/mol. The van der Waals surface area contributed by atoms with Gasteiger partial charge >= 0.3 is 0 Å². The molecule has 0 saturated heterocycles. The summed E-state index contributed by atoms with van der Waals surface area (Å²) in [7, 11) is 0. The van der Waals surface area contributed by atoms with Gasteiger partial charge in [0.25, 0.3) is 0 Å². The van der Waals surface area contributed by atoms with E-state index < -0.39 is 5.60 Å². The van der Waals surface area contributed by atoms with Gasteiger partial charge in [0.1, 0.15) is 34.6 Å². The maximum absolute atomic E-state index is 11.1. The number of Topliss-reactive ketones (excluding diaryl/α,β-unsaturated/α-hetero) is 2. The van der Waals surface area contributed by atoms with Crippen LogP contribution in [0.15, 0.2) is 56.9 Å². The van der Waals surface area contributed by atoms with E-state index in [0.29, 0.717) is 44.3 Å². The van der Waals surface area contributed by atoms with E-state index in [9.17, 15) is 14.7 Å². The van der Waals surface area contributed by atoms with E-state index in [1.165, 1.54) is 5.57 Å². The van der Waals surface area contributed by atoms with Gasteiger partial charge in [-0.05, 0) is 75.6 Å². The zero-order valence-electron chi connectivity index (χ0n) is 18.2. The minimum Gasteiger partial charge on any atom is -0.462 e. The van der Waals surface area contributed by atoms with Crippen LogP contribution in [0.25, 0.3) is 12.2 Å². The fraction of sp³-hybridized carbons (Fsp3) is 0.385. The number of ketones is 2. The molecule has 2 aliphatic carbocycles. The number of hydrogen-bond acceptors (Lipinski definition) is 5. The first-order chi connectivity index (χ1) is 14.8. The molecule has 0 atom stereocenters. The smallest absolute Gasteiger partial charge is 0.137 e. The number of rotatable bonds is 4. The topological polar surface area (TPSA) is 80.6 Å². The predicted molar refractivity (Wildman–Crippen MR) is 120 cm³/mol. The molecular weight excluding hydrogens is 392 g/mol. The first-order valence-electron chi connectivity index (χ1n) is 10.8. The van der Waals surface area contributed by atoms with Crippen molar-refractivity contribution in [3.05, 3.63) is 71.1 Å². The molecule has 1 saturated carbocycles. The zero-order valence-corrected chi connectivity index (χ0v) is 18.2. The Morgan fingerprint density at radius 2 is 1.42 bits per heavy atom. The van der Waals surface area contributed by atoms with E-state index in [1.54, 1.807) is 12.2 Å². The van der Waals surface area contributed by atoms with Gasteiger partial charge in [0.05, 0.1) is 5.60 Å². The Morgan fingerprint density at radius 1 is 0.806 bits per heavy atom. The van der Waals surface area contributed by atoms with Crippen molar-refractivity contribution in [1.29, 1.82) is 0 Å². The largest absolute Gasteiger partial charge is 0.462 e. The van der Waals surface area contributed by atoms with Crippen molar-refractivity contribution in [3.63, 3.8) is 0 Å². The second-order valence-electron chi connectivity index (χ2n) is 8.23. The van der Waals surface area contributed by atoms with Crippen molar-refractivity contribution < 1.29 is 23.5 Å². The van der Waals surface area contributed by atoms with Crippen LogP contribution >= 0.6 is 0 Å². The zero-order chi connectivity index (χ0) is 22.3. The summed E-state index contributed by atoms with van der Waals surface area (Å²) in [5, 5.41) is 10.2. The molecule has 0 amide bonds. The summed E-state index contributed by atoms with van der Waals surface area (Å²) in [5.41, 5.74) is 0.387. The van der Waals surface area contributed by atoms with Crippen LogP contribution in [-0.2, 0) is 9.59 Å². The van der Waals surface area contributed by atoms with E-state index >= 15 is 0 Å². The Bertz CT molecular complexity index is 989. The number of carbonyl (C=O) groups excluding carboxylic acids is 2. The lowest BCUT2D eigenvalue weighted by molar-refractivity contribution is -0.123. The molecule has 4 rings (SSSR count). The van der Waals surface area contributed by atoms with Gasteiger partial charge in [-0.15, -0.1) is 0 Å². The Morgan fingerprint density at radius 3 is 1.94 bits per heavy atom. The number of hydrogen-bond donors (Lipinski definition) is 1. The summed E-state index contributed by atoms with van der Waals surface area (Å²) in [6.07, 6.45) is 13.6. The quantitative estimate of drug-likeness (QED) is 0.678. The van der Waals surface area contributed by atoms with Gasteiger partial charge in [-0.2, -0.15) is 0 Å². The first kappa shape index (κ1) is 22.8. The molecule has 5 heteroatoms. The van der Waals surface area contributed by atoms with Crippen LogP contribution in [0.3, 0.4) is 0 Å². The molecule has 2 aromatic rings. The van der Waals surface area contributed by atoms with Crippen molar-refractivity contribution in [2.45, 2.75) is 64.4 Å². The fourth-order valence-electron chi connectivity index (χ4n) is 3.53. The standard InChI is InChI=1S/C13H16O3.C13H14O2/c1-10-2-3-12(16-10)6-9-13(15)7-4-11(14)5-8-13;1-10-2-8-13(15-10)9-5-11-3-6-12(14)7-4-11/h2-3,6,9,15H,4-5,7-8H2,1H3;2-3,5,8-9H,4,6-7H2,1H3/b9-6+;9-5+. The van der Waals surface area contributed by atoms with Crippen molar-refractivity contribution in [1.82, 2.24) is 0 Å². The molecule has 1 fully saturated rings. The van der Waals surface area contributed by atoms with Gasteiger partial charge in [-0.3, -0.25) is 9.59 Å². The summed E-state index contributed by atoms with van der Waals surface area (Å²) in [6.45, 7) is 3.81. The number of aliphatic hydroxyl groups is 1. The lowest BCUT2D eigenvalue weighted by Crippen LogP contribution is -2.31. The van der Waals surface area contributed by atoms with E-state index in [2.05, 4.69) is 0 Å². The van der Waals surface area contributed by atoms with Crippen LogP contribution in [0.4, 0.5) is 0 Å². The normalized spacial score (nSPS) is 18.9. The molecule has 2 heterocycles. The third-order valence-corrected chi connectivity index (χ3v) is 5.50. The highest BCUT2D eigenvalue weighted by Crippen LogP contribution is 2.28. The lowest BCUT2D eigenvalue weighted by Gasteiger charge is -2.27. The van der Waals surface area contributed by atoms with Gasteiger partial charge in [-0.25, -0.2) is 0 Å². The van der Waals surface area contributed by atoms with Crippen molar-refractivity contribution in [2.75, 3.05) is 0 Å². The molecule has 2 aliphatic rings. The van der Waals surface area contributed by atoms with E-state index in [-0.39, 0.29) is 5.78 Å². The number of aryl methyl sites for hydroxylation is 2. The maximum Gasteiger partial charge on any atom is 0.137 e. The molecule has 2 aromatic heterocycles. The maximum atomic E-state index is 11.1. The summed E-state index contributed by atoms with van der Waals surface area (Å²) in [6, 6.07) is 7.64. The van der Waals surface area contributed by atoms with Gasteiger partial charge in [0.2, 0.25) is 0 Å². The number of furan rings is 2. The van der Waals surface area contributed by atoms with Crippen LogP contribution in [0.2, 0.25) is 0 Å². The highest BCUT2D eigenvalue weighted by molar-refractivity contribution is 5.81. The lowest BCUT2D eigenvalue weighted by atomic mass is 9.84. The summed E-state index contributed by atoms with van der Waals surface area (Å²) < 4.78 is 10.8. The summed E-state index contributed by atoms with van der Waals surface area (Å²) in [4.78, 5) is 22.1. The van der Waals surface area contributed by atoms with Crippen LogP contribution in [0, 0.1) is 13.8 Å². The fourth-order valence-corrected chi connectivity index (χ4v) is 3.53. The van der Waals surface area contributed by atoms with Crippen LogP contribution in [0.5, 0.6) is 0 Å². The third kappa shape index (κ3) is 7.37. The molecule has 5 nitrogen and oxygen atoms in total. The Balaban J connectivity index is 0.000000176. The second kappa shape index (κ2) is 10.4. The minimum atomic E-state index is -0.839. The molecule has 0 radical (unpaired) electrons. The van der Waals surface area contributed by atoms with Gasteiger partial charge in [0.15, 0.2) is 0 Å². The Hall–Kier alpha value is -2.92. The van der Waals surface area contributed by atoms with Crippen LogP contribution in [-0.4, -0.2) is 22.3 Å². The Labute approximate surface area is 183 Å². The molecule has 164 valence electrons.